The quantitative estimate of drug-likeness (QED) is 0.876. The van der Waals surface area contributed by atoms with Crippen molar-refractivity contribution in [3.8, 4) is 11.4 Å². The number of hydrogen-bond donors (Lipinski definition) is 1. The van der Waals surface area contributed by atoms with Gasteiger partial charge in [-0.3, -0.25) is 4.79 Å². The number of H-pyrrole nitrogens is 1. The lowest BCUT2D eigenvalue weighted by Crippen LogP contribution is -2.05. The van der Waals surface area contributed by atoms with Gasteiger partial charge in [0.05, 0.1) is 5.02 Å². The molecule has 0 aliphatic carbocycles. The molecule has 0 radical (unpaired) electrons. The summed E-state index contributed by atoms with van der Waals surface area (Å²) >= 11 is 9.33. The summed E-state index contributed by atoms with van der Waals surface area (Å²) in [6.45, 7) is 0. The minimum Gasteiger partial charge on any atom is -0.306 e. The van der Waals surface area contributed by atoms with Gasteiger partial charge in [0.25, 0.3) is 5.56 Å². The molecule has 3 nitrogen and oxygen atoms in total. The number of nitrogens with one attached hydrogen (secondary N) is 1. The summed E-state index contributed by atoms with van der Waals surface area (Å²) < 4.78 is 0.883. The Morgan fingerprint density at radius 3 is 2.87 bits per heavy atom. The normalized spacial score (nSPS) is 10.3. The highest BCUT2D eigenvalue weighted by Gasteiger charge is 2.05. The molecule has 1 aromatic heterocycles. The third-order valence-corrected chi connectivity index (χ3v) is 2.68. The van der Waals surface area contributed by atoms with Gasteiger partial charge >= 0.3 is 0 Å². The summed E-state index contributed by atoms with van der Waals surface area (Å²) in [7, 11) is 0. The molecule has 0 spiro atoms. The van der Waals surface area contributed by atoms with Crippen LogP contribution in [0.2, 0.25) is 5.02 Å². The zero-order valence-corrected chi connectivity index (χ0v) is 9.84. The lowest BCUT2D eigenvalue weighted by molar-refractivity contribution is 1.13. The predicted octanol–water partition coefficient (Wildman–Crippen LogP) is 2.85. The van der Waals surface area contributed by atoms with Crippen molar-refractivity contribution in [1.82, 2.24) is 9.97 Å². The van der Waals surface area contributed by atoms with Crippen LogP contribution >= 0.6 is 27.5 Å². The molecule has 0 fully saturated rings. The van der Waals surface area contributed by atoms with E-state index in [4.69, 9.17) is 11.6 Å². The maximum atomic E-state index is 11.1. The van der Waals surface area contributed by atoms with Gasteiger partial charge in [0, 0.05) is 22.3 Å². The van der Waals surface area contributed by atoms with Gasteiger partial charge in [-0.15, -0.1) is 0 Å². The molecule has 0 saturated carbocycles. The highest BCUT2D eigenvalue weighted by molar-refractivity contribution is 9.10. The number of aromatic nitrogens is 2. The minimum atomic E-state index is -0.198. The highest BCUT2D eigenvalue weighted by atomic mass is 79.9. The van der Waals surface area contributed by atoms with Crippen LogP contribution in [-0.4, -0.2) is 9.97 Å². The van der Waals surface area contributed by atoms with Gasteiger partial charge in [-0.2, -0.15) is 0 Å². The van der Waals surface area contributed by atoms with E-state index in [-0.39, 0.29) is 5.56 Å². The molecule has 76 valence electrons. The van der Waals surface area contributed by atoms with E-state index in [1.54, 1.807) is 12.1 Å². The Bertz CT molecular complexity index is 553. The topological polar surface area (TPSA) is 45.8 Å². The molecule has 2 rings (SSSR count). The van der Waals surface area contributed by atoms with Gasteiger partial charge in [0.2, 0.25) is 0 Å². The van der Waals surface area contributed by atoms with Crippen molar-refractivity contribution in [3.05, 3.63) is 50.3 Å². The van der Waals surface area contributed by atoms with Crippen LogP contribution in [0.5, 0.6) is 0 Å². The van der Waals surface area contributed by atoms with Crippen molar-refractivity contribution >= 4 is 27.5 Å². The second-order valence-electron chi connectivity index (χ2n) is 2.91. The molecule has 0 atom stereocenters. The summed E-state index contributed by atoms with van der Waals surface area (Å²) in [5, 5.41) is 0.549. The molecule has 0 saturated heterocycles. The van der Waals surface area contributed by atoms with Crippen molar-refractivity contribution in [2.24, 2.45) is 0 Å². The summed E-state index contributed by atoms with van der Waals surface area (Å²) in [5.41, 5.74) is 0.500. The Morgan fingerprint density at radius 1 is 1.33 bits per heavy atom. The SMILES string of the molecule is O=c1ccnc(-c2cc(Br)ccc2Cl)[nH]1. The second-order valence-corrected chi connectivity index (χ2v) is 4.23. The van der Waals surface area contributed by atoms with Crippen LogP contribution in [0.3, 0.4) is 0 Å². The third kappa shape index (κ3) is 2.27. The van der Waals surface area contributed by atoms with E-state index in [9.17, 15) is 4.79 Å². The zero-order chi connectivity index (χ0) is 10.8. The van der Waals surface area contributed by atoms with Crippen molar-refractivity contribution in [2.45, 2.75) is 0 Å². The molecule has 1 aromatic carbocycles. The number of halogens is 2. The smallest absolute Gasteiger partial charge is 0.251 e. The minimum absolute atomic E-state index is 0.198. The molecule has 5 heteroatoms. The molecular weight excluding hydrogens is 279 g/mol. The number of rotatable bonds is 1. The largest absolute Gasteiger partial charge is 0.306 e. The van der Waals surface area contributed by atoms with Gasteiger partial charge in [-0.1, -0.05) is 27.5 Å². The highest BCUT2D eigenvalue weighted by Crippen LogP contribution is 2.27. The van der Waals surface area contributed by atoms with E-state index in [2.05, 4.69) is 25.9 Å². The van der Waals surface area contributed by atoms with Crippen molar-refractivity contribution in [2.75, 3.05) is 0 Å². The molecule has 0 unspecified atom stereocenters. The maximum Gasteiger partial charge on any atom is 0.251 e. The van der Waals surface area contributed by atoms with Gasteiger partial charge in [0.15, 0.2) is 0 Å². The van der Waals surface area contributed by atoms with Crippen LogP contribution in [0, 0.1) is 0 Å². The average molecular weight is 286 g/mol. The van der Waals surface area contributed by atoms with Crippen LogP contribution in [0.4, 0.5) is 0 Å². The number of benzene rings is 1. The van der Waals surface area contributed by atoms with Gasteiger partial charge in [-0.25, -0.2) is 4.98 Å². The molecule has 0 aliphatic rings. The summed E-state index contributed by atoms with van der Waals surface area (Å²) in [4.78, 5) is 17.8. The molecule has 1 heterocycles. The van der Waals surface area contributed by atoms with Gasteiger partial charge < -0.3 is 4.98 Å². The zero-order valence-electron chi connectivity index (χ0n) is 7.50. The van der Waals surface area contributed by atoms with Crippen molar-refractivity contribution < 1.29 is 0 Å². The van der Waals surface area contributed by atoms with E-state index < -0.39 is 0 Å². The van der Waals surface area contributed by atoms with Crippen LogP contribution in [-0.2, 0) is 0 Å². The Labute approximate surface area is 99.3 Å². The molecule has 2 aromatic rings. The first-order chi connectivity index (χ1) is 7.16. The average Bonchev–Trinajstić information content (AvgIpc) is 2.22. The van der Waals surface area contributed by atoms with Crippen LogP contribution < -0.4 is 5.56 Å². The molecule has 1 N–H and O–H groups in total. The van der Waals surface area contributed by atoms with Crippen molar-refractivity contribution in [1.29, 1.82) is 0 Å². The van der Waals surface area contributed by atoms with E-state index in [1.165, 1.54) is 12.3 Å². The Hall–Kier alpha value is -1.13. The van der Waals surface area contributed by atoms with E-state index in [1.807, 2.05) is 6.07 Å². The third-order valence-electron chi connectivity index (χ3n) is 1.85. The Kier molecular flexibility index (Phi) is 2.88. The predicted molar refractivity (Wildman–Crippen MR) is 63.0 cm³/mol. The fourth-order valence-corrected chi connectivity index (χ4v) is 1.75. The van der Waals surface area contributed by atoms with Crippen LogP contribution in [0.15, 0.2) is 39.7 Å². The molecule has 0 bridgehead atoms. The summed E-state index contributed by atoms with van der Waals surface area (Å²) in [6.07, 6.45) is 1.45. The lowest BCUT2D eigenvalue weighted by Gasteiger charge is -2.03. The molecular formula is C10H6BrClN2O. The molecule has 15 heavy (non-hydrogen) atoms. The standard InChI is InChI=1S/C10H6BrClN2O/c11-6-1-2-8(12)7(5-6)10-13-4-3-9(15)14-10/h1-5H,(H,13,14,15). The maximum absolute atomic E-state index is 11.1. The Morgan fingerprint density at radius 2 is 2.13 bits per heavy atom. The second kappa shape index (κ2) is 4.16. The lowest BCUT2D eigenvalue weighted by atomic mass is 10.2. The first kappa shape index (κ1) is 10.4. The number of nitrogens with zero attached hydrogens (tertiary/aromatic N) is 1. The first-order valence-electron chi connectivity index (χ1n) is 4.17. The van der Waals surface area contributed by atoms with E-state index in [0.717, 1.165) is 4.47 Å². The number of aromatic amines is 1. The monoisotopic (exact) mass is 284 g/mol. The molecule has 0 amide bonds. The van der Waals surface area contributed by atoms with E-state index >= 15 is 0 Å². The van der Waals surface area contributed by atoms with Gasteiger partial charge in [-0.05, 0) is 18.2 Å². The number of hydrogen-bond acceptors (Lipinski definition) is 2. The first-order valence-corrected chi connectivity index (χ1v) is 5.34. The molecule has 0 aliphatic heterocycles. The van der Waals surface area contributed by atoms with Gasteiger partial charge in [0.1, 0.15) is 5.82 Å². The van der Waals surface area contributed by atoms with Crippen molar-refractivity contribution in [3.63, 3.8) is 0 Å². The fraction of sp³-hybridized carbons (Fsp3) is 0. The van der Waals surface area contributed by atoms with Crippen LogP contribution in [0.1, 0.15) is 0 Å². The fourth-order valence-electron chi connectivity index (χ4n) is 1.19. The Balaban J connectivity index is 2.63. The van der Waals surface area contributed by atoms with Crippen LogP contribution in [0.25, 0.3) is 11.4 Å². The van der Waals surface area contributed by atoms with E-state index in [0.29, 0.717) is 16.4 Å². The summed E-state index contributed by atoms with van der Waals surface area (Å²) in [5.74, 6) is 0.466. The summed E-state index contributed by atoms with van der Waals surface area (Å²) in [6, 6.07) is 6.73.